The van der Waals surface area contributed by atoms with Crippen LogP contribution in [0, 0.1) is 3.70 Å². The molecule has 2 rings (SSSR count). The Morgan fingerprint density at radius 2 is 2.27 bits per heavy atom. The lowest BCUT2D eigenvalue weighted by molar-refractivity contribution is 0.502. The van der Waals surface area contributed by atoms with Gasteiger partial charge in [-0.25, -0.2) is 0 Å². The van der Waals surface area contributed by atoms with Crippen molar-refractivity contribution < 1.29 is 4.42 Å². The molecular weight excluding hydrogens is 307 g/mol. The molecule has 0 aliphatic heterocycles. The fourth-order valence-corrected chi connectivity index (χ4v) is 1.74. The van der Waals surface area contributed by atoms with Crippen LogP contribution < -0.4 is 0 Å². The molecular formula is C9H11IN4O. The first-order chi connectivity index (χ1) is 7.22. The lowest BCUT2D eigenvalue weighted by Crippen LogP contribution is -1.92. The summed E-state index contributed by atoms with van der Waals surface area (Å²) in [5, 5.41) is 12.1. The minimum Gasteiger partial charge on any atom is -0.421 e. The maximum atomic E-state index is 5.52. The maximum Gasteiger partial charge on any atom is 0.252 e. The summed E-state index contributed by atoms with van der Waals surface area (Å²) >= 11 is 2.21. The number of aryl methyl sites for hydroxylation is 2. The van der Waals surface area contributed by atoms with Crippen molar-refractivity contribution in [2.45, 2.75) is 19.8 Å². The zero-order valence-corrected chi connectivity index (χ0v) is 10.7. The molecule has 5 nitrogen and oxygen atoms in total. The minimum absolute atomic E-state index is 0.552. The first kappa shape index (κ1) is 10.6. The first-order valence-electron chi connectivity index (χ1n) is 4.72. The van der Waals surface area contributed by atoms with E-state index < -0.39 is 0 Å². The Labute approximate surface area is 101 Å². The lowest BCUT2D eigenvalue weighted by Gasteiger charge is -1.92. The van der Waals surface area contributed by atoms with Crippen LogP contribution in [0.5, 0.6) is 0 Å². The van der Waals surface area contributed by atoms with Crippen molar-refractivity contribution in [3.05, 3.63) is 15.8 Å². The topological polar surface area (TPSA) is 56.7 Å². The van der Waals surface area contributed by atoms with E-state index in [4.69, 9.17) is 4.42 Å². The molecule has 2 heterocycles. The number of nitrogens with zero attached hydrogens (tertiary/aromatic N) is 4. The van der Waals surface area contributed by atoms with Crippen molar-refractivity contribution in [3.8, 4) is 11.5 Å². The van der Waals surface area contributed by atoms with Gasteiger partial charge < -0.3 is 4.42 Å². The van der Waals surface area contributed by atoms with E-state index >= 15 is 0 Å². The smallest absolute Gasteiger partial charge is 0.252 e. The molecule has 0 aliphatic carbocycles. The van der Waals surface area contributed by atoms with Crippen molar-refractivity contribution in [1.82, 2.24) is 20.0 Å². The van der Waals surface area contributed by atoms with Crippen molar-refractivity contribution >= 4 is 22.6 Å². The van der Waals surface area contributed by atoms with Gasteiger partial charge in [-0.15, -0.1) is 10.2 Å². The average molecular weight is 318 g/mol. The van der Waals surface area contributed by atoms with Gasteiger partial charge in [0.1, 0.15) is 3.70 Å². The highest BCUT2D eigenvalue weighted by Gasteiger charge is 2.14. The molecule has 0 aromatic carbocycles. The maximum absolute atomic E-state index is 5.52. The first-order valence-corrected chi connectivity index (χ1v) is 5.80. The minimum atomic E-state index is 0.552. The van der Waals surface area contributed by atoms with E-state index in [-0.39, 0.29) is 0 Å². The predicted octanol–water partition coefficient (Wildman–Crippen LogP) is 2.03. The SMILES string of the molecule is CCCc1nnc(-c2cnn(C)c2I)o1. The number of aromatic nitrogens is 4. The van der Waals surface area contributed by atoms with Crippen molar-refractivity contribution in [3.63, 3.8) is 0 Å². The molecule has 0 spiro atoms. The molecule has 15 heavy (non-hydrogen) atoms. The summed E-state index contributed by atoms with van der Waals surface area (Å²) in [4.78, 5) is 0. The second kappa shape index (κ2) is 4.30. The summed E-state index contributed by atoms with van der Waals surface area (Å²) in [7, 11) is 1.88. The van der Waals surface area contributed by atoms with Crippen LogP contribution in [0.25, 0.3) is 11.5 Å². The Kier molecular flexibility index (Phi) is 3.03. The van der Waals surface area contributed by atoms with Crippen LogP contribution in [-0.2, 0) is 13.5 Å². The second-order valence-corrected chi connectivity index (χ2v) is 4.25. The molecule has 0 aliphatic rings. The highest BCUT2D eigenvalue weighted by Crippen LogP contribution is 2.23. The van der Waals surface area contributed by atoms with Gasteiger partial charge in [0.2, 0.25) is 5.89 Å². The van der Waals surface area contributed by atoms with E-state index in [0.717, 1.165) is 22.1 Å². The highest BCUT2D eigenvalue weighted by atomic mass is 127. The summed E-state index contributed by atoms with van der Waals surface area (Å²) in [6.07, 6.45) is 3.57. The predicted molar refractivity (Wildman–Crippen MR) is 63.2 cm³/mol. The van der Waals surface area contributed by atoms with Crippen molar-refractivity contribution in [2.24, 2.45) is 7.05 Å². The van der Waals surface area contributed by atoms with Gasteiger partial charge in [0.15, 0.2) is 0 Å². The lowest BCUT2D eigenvalue weighted by atomic mass is 10.3. The third-order valence-corrected chi connectivity index (χ3v) is 3.31. The summed E-state index contributed by atoms with van der Waals surface area (Å²) in [5.41, 5.74) is 0.896. The molecule has 6 heteroatoms. The molecule has 2 aromatic rings. The number of hydrogen-bond acceptors (Lipinski definition) is 4. The van der Waals surface area contributed by atoms with E-state index in [1.54, 1.807) is 10.9 Å². The highest BCUT2D eigenvalue weighted by molar-refractivity contribution is 14.1. The fraction of sp³-hybridized carbons (Fsp3) is 0.444. The largest absolute Gasteiger partial charge is 0.421 e. The number of halogens is 1. The third-order valence-electron chi connectivity index (χ3n) is 2.03. The van der Waals surface area contributed by atoms with Crippen LogP contribution in [0.1, 0.15) is 19.2 Å². The van der Waals surface area contributed by atoms with Gasteiger partial charge in [-0.3, -0.25) is 4.68 Å². The molecule has 0 bridgehead atoms. The van der Waals surface area contributed by atoms with E-state index in [1.807, 2.05) is 7.05 Å². The van der Waals surface area contributed by atoms with Crippen molar-refractivity contribution in [1.29, 1.82) is 0 Å². The Morgan fingerprint density at radius 1 is 1.47 bits per heavy atom. The van der Waals surface area contributed by atoms with Crippen LogP contribution in [0.4, 0.5) is 0 Å². The van der Waals surface area contributed by atoms with E-state index in [0.29, 0.717) is 11.8 Å². The van der Waals surface area contributed by atoms with Gasteiger partial charge in [-0.1, -0.05) is 6.92 Å². The standard InChI is InChI=1S/C9H11IN4O/c1-3-4-7-12-13-9(15-7)6-5-11-14(2)8(6)10/h5H,3-4H2,1-2H3. The van der Waals surface area contributed by atoms with E-state index in [1.165, 1.54) is 0 Å². The molecule has 0 N–H and O–H groups in total. The Bertz CT molecular complexity index is 462. The molecule has 0 saturated carbocycles. The summed E-state index contributed by atoms with van der Waals surface area (Å²) in [6, 6.07) is 0. The van der Waals surface area contributed by atoms with Crippen LogP contribution in [-0.4, -0.2) is 20.0 Å². The third kappa shape index (κ3) is 2.04. The molecule has 0 atom stereocenters. The van der Waals surface area contributed by atoms with E-state index in [9.17, 15) is 0 Å². The van der Waals surface area contributed by atoms with Gasteiger partial charge in [0.25, 0.3) is 5.89 Å². The molecule has 2 aromatic heterocycles. The van der Waals surface area contributed by atoms with Crippen LogP contribution >= 0.6 is 22.6 Å². The summed E-state index contributed by atoms with van der Waals surface area (Å²) < 4.78 is 8.30. The van der Waals surface area contributed by atoms with Gasteiger partial charge in [-0.05, 0) is 29.0 Å². The monoisotopic (exact) mass is 318 g/mol. The van der Waals surface area contributed by atoms with Gasteiger partial charge in [0, 0.05) is 13.5 Å². The van der Waals surface area contributed by atoms with Crippen molar-refractivity contribution in [2.75, 3.05) is 0 Å². The van der Waals surface area contributed by atoms with Gasteiger partial charge in [-0.2, -0.15) is 5.10 Å². The Morgan fingerprint density at radius 3 is 2.87 bits per heavy atom. The van der Waals surface area contributed by atoms with Crippen LogP contribution in [0.15, 0.2) is 10.6 Å². The molecule has 0 amide bonds. The van der Waals surface area contributed by atoms with E-state index in [2.05, 4.69) is 44.8 Å². The Hall–Kier alpha value is -0.920. The fourth-order valence-electron chi connectivity index (χ4n) is 1.24. The summed E-state index contributed by atoms with van der Waals surface area (Å²) in [6.45, 7) is 2.08. The van der Waals surface area contributed by atoms with Gasteiger partial charge >= 0.3 is 0 Å². The molecule has 0 fully saturated rings. The summed E-state index contributed by atoms with van der Waals surface area (Å²) in [5.74, 6) is 1.24. The van der Waals surface area contributed by atoms with Crippen LogP contribution in [0.2, 0.25) is 0 Å². The normalized spacial score (nSPS) is 10.9. The number of rotatable bonds is 3. The molecule has 0 unspecified atom stereocenters. The average Bonchev–Trinajstić information content (AvgIpc) is 2.77. The molecule has 0 saturated heterocycles. The quantitative estimate of drug-likeness (QED) is 0.813. The zero-order chi connectivity index (χ0) is 10.8. The second-order valence-electron chi connectivity index (χ2n) is 3.22. The molecule has 80 valence electrons. The van der Waals surface area contributed by atoms with Gasteiger partial charge in [0.05, 0.1) is 11.8 Å². The zero-order valence-electron chi connectivity index (χ0n) is 8.57. The van der Waals surface area contributed by atoms with Crippen LogP contribution in [0.3, 0.4) is 0 Å². The molecule has 0 radical (unpaired) electrons. The Balaban J connectivity index is 2.33. The number of hydrogen-bond donors (Lipinski definition) is 0.